The molecule has 0 aromatic heterocycles. The maximum absolute atomic E-state index is 10.5. The van der Waals surface area contributed by atoms with E-state index >= 15 is 0 Å². The van der Waals surface area contributed by atoms with Gasteiger partial charge in [-0.05, 0) is 24.5 Å². The highest BCUT2D eigenvalue weighted by molar-refractivity contribution is 7.98. The minimum atomic E-state index is -0.981. The molecule has 1 aromatic rings. The van der Waals surface area contributed by atoms with Crippen LogP contribution >= 0.6 is 11.8 Å². The Bertz CT molecular complexity index is 309. The summed E-state index contributed by atoms with van der Waals surface area (Å²) >= 11 is 1.31. The molecule has 64 valence electrons. The number of hydrogen-bond acceptors (Lipinski definition) is 3. The van der Waals surface area contributed by atoms with Crippen LogP contribution in [0.5, 0.6) is 5.75 Å². The van der Waals surface area contributed by atoms with Crippen molar-refractivity contribution in [2.24, 2.45) is 0 Å². The van der Waals surface area contributed by atoms with Gasteiger partial charge in [0.1, 0.15) is 5.75 Å². The fourth-order valence-electron chi connectivity index (χ4n) is 0.811. The van der Waals surface area contributed by atoms with Crippen LogP contribution in [0.4, 0.5) is 0 Å². The first kappa shape index (κ1) is 8.93. The van der Waals surface area contributed by atoms with Crippen LogP contribution in [0.2, 0.25) is 0 Å². The van der Waals surface area contributed by atoms with Gasteiger partial charge in [-0.1, -0.05) is 0 Å². The standard InChI is InChI=1S/C8H8O3S/c1-12-7-4-5(8(10)11)2-3-6(7)9/h2-4,9H,1H3,(H,10,11). The predicted octanol–water partition coefficient (Wildman–Crippen LogP) is 1.81. The van der Waals surface area contributed by atoms with Crippen molar-refractivity contribution in [3.63, 3.8) is 0 Å². The summed E-state index contributed by atoms with van der Waals surface area (Å²) in [5.74, 6) is -0.863. The first-order valence-corrected chi connectivity index (χ1v) is 4.48. The SMILES string of the molecule is CSc1cc(C(=O)O)ccc1O. The minimum absolute atomic E-state index is 0.118. The minimum Gasteiger partial charge on any atom is -0.507 e. The third kappa shape index (κ3) is 1.71. The molecule has 3 nitrogen and oxygen atoms in total. The van der Waals surface area contributed by atoms with E-state index in [1.807, 2.05) is 0 Å². The van der Waals surface area contributed by atoms with E-state index in [0.29, 0.717) is 4.90 Å². The Morgan fingerprint density at radius 1 is 1.50 bits per heavy atom. The molecule has 0 atom stereocenters. The van der Waals surface area contributed by atoms with Gasteiger partial charge in [0, 0.05) is 4.90 Å². The summed E-state index contributed by atoms with van der Waals surface area (Å²) < 4.78 is 0. The van der Waals surface area contributed by atoms with Gasteiger partial charge in [0.05, 0.1) is 5.56 Å². The molecule has 12 heavy (non-hydrogen) atoms. The number of rotatable bonds is 2. The highest BCUT2D eigenvalue weighted by Crippen LogP contribution is 2.26. The lowest BCUT2D eigenvalue weighted by molar-refractivity contribution is 0.0696. The summed E-state index contributed by atoms with van der Waals surface area (Å²) in [5, 5.41) is 17.8. The molecule has 0 heterocycles. The van der Waals surface area contributed by atoms with Crippen LogP contribution in [0, 0.1) is 0 Å². The number of thioether (sulfide) groups is 1. The second kappa shape index (κ2) is 3.49. The van der Waals surface area contributed by atoms with Crippen LogP contribution in [0.15, 0.2) is 23.1 Å². The number of aromatic hydroxyl groups is 1. The Morgan fingerprint density at radius 3 is 2.67 bits per heavy atom. The van der Waals surface area contributed by atoms with Crippen LogP contribution in [-0.2, 0) is 0 Å². The van der Waals surface area contributed by atoms with Gasteiger partial charge in [0.2, 0.25) is 0 Å². The third-order valence-electron chi connectivity index (χ3n) is 1.43. The number of phenolic OH excluding ortho intramolecular Hbond substituents is 1. The molecule has 0 amide bonds. The zero-order chi connectivity index (χ0) is 9.14. The third-order valence-corrected chi connectivity index (χ3v) is 2.19. The van der Waals surface area contributed by atoms with Gasteiger partial charge in [-0.25, -0.2) is 4.79 Å². The highest BCUT2D eigenvalue weighted by Gasteiger charge is 2.06. The average molecular weight is 184 g/mol. The lowest BCUT2D eigenvalue weighted by Gasteiger charge is -2.01. The van der Waals surface area contributed by atoms with E-state index in [1.54, 1.807) is 6.26 Å². The number of phenols is 1. The van der Waals surface area contributed by atoms with Crippen molar-refractivity contribution in [1.29, 1.82) is 0 Å². The van der Waals surface area contributed by atoms with E-state index in [4.69, 9.17) is 5.11 Å². The zero-order valence-electron chi connectivity index (χ0n) is 6.44. The first-order chi connectivity index (χ1) is 5.65. The maximum Gasteiger partial charge on any atom is 0.335 e. The van der Waals surface area contributed by atoms with Crippen molar-refractivity contribution in [2.75, 3.05) is 6.26 Å². The van der Waals surface area contributed by atoms with Crippen molar-refractivity contribution < 1.29 is 15.0 Å². The van der Waals surface area contributed by atoms with Crippen molar-refractivity contribution >= 4 is 17.7 Å². The summed E-state index contributed by atoms with van der Waals surface area (Å²) in [6.07, 6.45) is 1.78. The number of carboxylic acids is 1. The fraction of sp³-hybridized carbons (Fsp3) is 0.125. The smallest absolute Gasteiger partial charge is 0.335 e. The maximum atomic E-state index is 10.5. The molecule has 0 saturated heterocycles. The van der Waals surface area contributed by atoms with E-state index in [2.05, 4.69) is 0 Å². The van der Waals surface area contributed by atoms with Gasteiger partial charge in [0.15, 0.2) is 0 Å². The normalized spacial score (nSPS) is 9.75. The van der Waals surface area contributed by atoms with Gasteiger partial charge < -0.3 is 10.2 Å². The van der Waals surface area contributed by atoms with Gasteiger partial charge in [-0.3, -0.25) is 0 Å². The fourth-order valence-corrected chi connectivity index (χ4v) is 1.33. The number of carboxylic acid groups (broad SMARTS) is 1. The van der Waals surface area contributed by atoms with E-state index < -0.39 is 5.97 Å². The molecule has 0 saturated carbocycles. The van der Waals surface area contributed by atoms with Crippen LogP contribution in [0.1, 0.15) is 10.4 Å². The lowest BCUT2D eigenvalue weighted by atomic mass is 10.2. The molecular formula is C8H8O3S. The lowest BCUT2D eigenvalue weighted by Crippen LogP contribution is -1.95. The molecule has 0 aliphatic rings. The van der Waals surface area contributed by atoms with Crippen molar-refractivity contribution in [1.82, 2.24) is 0 Å². The van der Waals surface area contributed by atoms with Crippen LogP contribution < -0.4 is 0 Å². The molecular weight excluding hydrogens is 176 g/mol. The van der Waals surface area contributed by atoms with E-state index in [1.165, 1.54) is 30.0 Å². The Hall–Kier alpha value is -1.16. The first-order valence-electron chi connectivity index (χ1n) is 3.25. The second-order valence-corrected chi connectivity index (χ2v) is 3.04. The van der Waals surface area contributed by atoms with Crippen molar-refractivity contribution in [3.05, 3.63) is 23.8 Å². The summed E-state index contributed by atoms with van der Waals surface area (Å²) in [5.41, 5.74) is 0.192. The van der Waals surface area contributed by atoms with Crippen molar-refractivity contribution in [3.8, 4) is 5.75 Å². The molecule has 0 bridgehead atoms. The molecule has 0 unspecified atom stereocenters. The highest BCUT2D eigenvalue weighted by atomic mass is 32.2. The van der Waals surface area contributed by atoms with Crippen LogP contribution in [0.25, 0.3) is 0 Å². The van der Waals surface area contributed by atoms with Gasteiger partial charge in [-0.2, -0.15) is 0 Å². The molecule has 0 radical (unpaired) electrons. The largest absolute Gasteiger partial charge is 0.507 e. The van der Waals surface area contributed by atoms with Crippen LogP contribution in [0.3, 0.4) is 0 Å². The second-order valence-electron chi connectivity index (χ2n) is 2.19. The molecule has 0 spiro atoms. The van der Waals surface area contributed by atoms with E-state index in [0.717, 1.165) is 0 Å². The molecule has 1 aromatic carbocycles. The number of aromatic carboxylic acids is 1. The van der Waals surface area contributed by atoms with E-state index in [-0.39, 0.29) is 11.3 Å². The van der Waals surface area contributed by atoms with Gasteiger partial charge >= 0.3 is 5.97 Å². The summed E-state index contributed by atoms with van der Waals surface area (Å²) in [6, 6.07) is 4.20. The summed E-state index contributed by atoms with van der Waals surface area (Å²) in [7, 11) is 0. The van der Waals surface area contributed by atoms with E-state index in [9.17, 15) is 9.90 Å². The quantitative estimate of drug-likeness (QED) is 0.688. The molecule has 0 aliphatic carbocycles. The Kier molecular flexibility index (Phi) is 2.60. The molecule has 2 N–H and O–H groups in total. The molecule has 1 rings (SSSR count). The Balaban J connectivity index is 3.13. The predicted molar refractivity (Wildman–Crippen MR) is 46.8 cm³/mol. The summed E-state index contributed by atoms with van der Waals surface area (Å²) in [4.78, 5) is 11.1. The zero-order valence-corrected chi connectivity index (χ0v) is 7.26. The number of benzene rings is 1. The molecule has 0 aliphatic heterocycles. The van der Waals surface area contributed by atoms with Crippen molar-refractivity contribution in [2.45, 2.75) is 4.90 Å². The topological polar surface area (TPSA) is 57.5 Å². The number of hydrogen-bond donors (Lipinski definition) is 2. The Morgan fingerprint density at radius 2 is 2.17 bits per heavy atom. The molecule has 4 heteroatoms. The molecule has 0 fully saturated rings. The summed E-state index contributed by atoms with van der Waals surface area (Å²) in [6.45, 7) is 0. The average Bonchev–Trinajstić information content (AvgIpc) is 2.05. The monoisotopic (exact) mass is 184 g/mol. The Labute approximate surface area is 74.0 Å². The van der Waals surface area contributed by atoms with Gasteiger partial charge in [-0.15, -0.1) is 11.8 Å². The number of carbonyl (C=O) groups is 1. The van der Waals surface area contributed by atoms with Crippen LogP contribution in [-0.4, -0.2) is 22.4 Å². The van der Waals surface area contributed by atoms with Gasteiger partial charge in [0.25, 0.3) is 0 Å².